The maximum atomic E-state index is 12.5. The van der Waals surface area contributed by atoms with E-state index in [-0.39, 0.29) is 24.8 Å². The number of amides is 2. The van der Waals surface area contributed by atoms with Gasteiger partial charge in [0.15, 0.2) is 0 Å². The van der Waals surface area contributed by atoms with Crippen molar-refractivity contribution in [3.8, 4) is 0 Å². The maximum absolute atomic E-state index is 12.5. The highest BCUT2D eigenvalue weighted by Gasteiger charge is 2.36. The molecule has 1 fully saturated rings. The van der Waals surface area contributed by atoms with Gasteiger partial charge in [0.2, 0.25) is 0 Å². The average molecular weight is 363 g/mol. The van der Waals surface area contributed by atoms with Crippen LogP contribution in [0.3, 0.4) is 0 Å². The van der Waals surface area contributed by atoms with Gasteiger partial charge in [-0.1, -0.05) is 30.3 Å². The van der Waals surface area contributed by atoms with Gasteiger partial charge in [-0.15, -0.1) is 0 Å². The normalized spacial score (nSPS) is 19.0. The van der Waals surface area contributed by atoms with Crippen molar-refractivity contribution in [1.29, 1.82) is 0 Å². The van der Waals surface area contributed by atoms with E-state index in [9.17, 15) is 9.59 Å². The quantitative estimate of drug-likeness (QED) is 0.892. The van der Waals surface area contributed by atoms with Crippen molar-refractivity contribution in [2.45, 2.75) is 52.0 Å². The minimum Gasteiger partial charge on any atom is -0.445 e. The fourth-order valence-corrected chi connectivity index (χ4v) is 2.78. The number of benzene rings is 1. The molecular weight excluding hydrogens is 334 g/mol. The van der Waals surface area contributed by atoms with Crippen LogP contribution in [0.4, 0.5) is 9.59 Å². The first kappa shape index (κ1) is 20.0. The average Bonchev–Trinajstić information content (AvgIpc) is 2.58. The molecule has 1 aliphatic rings. The zero-order valence-electron chi connectivity index (χ0n) is 16.0. The van der Waals surface area contributed by atoms with E-state index in [1.165, 1.54) is 0 Å². The summed E-state index contributed by atoms with van der Waals surface area (Å²) in [6, 6.07) is 8.88. The van der Waals surface area contributed by atoms with Crippen molar-refractivity contribution >= 4 is 12.2 Å². The minimum atomic E-state index is -0.563. The van der Waals surface area contributed by atoms with Gasteiger partial charge in [-0.3, -0.25) is 0 Å². The molecule has 0 spiro atoms. The molecule has 1 unspecified atom stereocenters. The Morgan fingerprint density at radius 1 is 1.19 bits per heavy atom. The van der Waals surface area contributed by atoms with Crippen LogP contribution in [0.15, 0.2) is 30.3 Å². The van der Waals surface area contributed by atoms with Crippen LogP contribution >= 0.6 is 0 Å². The highest BCUT2D eigenvalue weighted by Crippen LogP contribution is 2.18. The molecule has 144 valence electrons. The number of ether oxygens (including phenoxy) is 2. The van der Waals surface area contributed by atoms with Gasteiger partial charge in [0.1, 0.15) is 12.2 Å². The standard InChI is InChI=1S/C19H29N3O4/c1-14(20)16-12-21(17(23)26-19(2,3)4)10-11-22(16)18(24)25-13-15-8-6-5-7-9-15/h5-9,14,16H,10-13,20H2,1-4H3/t14?,16-/m0/s1. The Hall–Kier alpha value is -2.28. The van der Waals surface area contributed by atoms with Gasteiger partial charge in [-0.2, -0.15) is 0 Å². The summed E-state index contributed by atoms with van der Waals surface area (Å²) in [4.78, 5) is 28.0. The molecule has 7 nitrogen and oxygen atoms in total. The summed E-state index contributed by atoms with van der Waals surface area (Å²) >= 11 is 0. The first-order valence-corrected chi connectivity index (χ1v) is 8.88. The van der Waals surface area contributed by atoms with E-state index in [0.717, 1.165) is 5.56 Å². The fourth-order valence-electron chi connectivity index (χ4n) is 2.78. The second-order valence-electron chi connectivity index (χ2n) is 7.59. The van der Waals surface area contributed by atoms with Crippen LogP contribution < -0.4 is 5.73 Å². The monoisotopic (exact) mass is 363 g/mol. The Kier molecular flexibility index (Phi) is 6.47. The second-order valence-corrected chi connectivity index (χ2v) is 7.59. The number of carbonyl (C=O) groups excluding carboxylic acids is 2. The number of hydrogen-bond acceptors (Lipinski definition) is 5. The van der Waals surface area contributed by atoms with E-state index in [0.29, 0.717) is 19.6 Å². The predicted octanol–water partition coefficient (Wildman–Crippen LogP) is 2.59. The van der Waals surface area contributed by atoms with E-state index in [4.69, 9.17) is 15.2 Å². The molecule has 1 aliphatic heterocycles. The van der Waals surface area contributed by atoms with Crippen molar-refractivity contribution < 1.29 is 19.1 Å². The molecule has 1 saturated heterocycles. The zero-order chi connectivity index (χ0) is 19.3. The summed E-state index contributed by atoms with van der Waals surface area (Å²) in [6.45, 7) is 8.57. The molecule has 2 N–H and O–H groups in total. The topological polar surface area (TPSA) is 85.1 Å². The van der Waals surface area contributed by atoms with Crippen molar-refractivity contribution in [2.75, 3.05) is 19.6 Å². The van der Waals surface area contributed by atoms with Crippen molar-refractivity contribution in [3.63, 3.8) is 0 Å². The number of nitrogens with two attached hydrogens (primary N) is 1. The van der Waals surface area contributed by atoms with Gasteiger partial charge >= 0.3 is 12.2 Å². The summed E-state index contributed by atoms with van der Waals surface area (Å²) in [5.74, 6) is 0. The van der Waals surface area contributed by atoms with Gasteiger partial charge in [-0.25, -0.2) is 9.59 Å². The van der Waals surface area contributed by atoms with E-state index in [2.05, 4.69) is 0 Å². The highest BCUT2D eigenvalue weighted by molar-refractivity contribution is 5.71. The fraction of sp³-hybridized carbons (Fsp3) is 0.579. The summed E-state index contributed by atoms with van der Waals surface area (Å²) in [6.07, 6.45) is -0.805. The molecule has 2 rings (SSSR count). The van der Waals surface area contributed by atoms with E-state index < -0.39 is 11.7 Å². The molecule has 0 saturated carbocycles. The molecule has 1 heterocycles. The Bertz CT molecular complexity index is 613. The molecule has 0 radical (unpaired) electrons. The summed E-state index contributed by atoms with van der Waals surface area (Å²) in [7, 11) is 0. The molecule has 7 heteroatoms. The van der Waals surface area contributed by atoms with Crippen LogP contribution in [-0.4, -0.2) is 59.3 Å². The first-order valence-electron chi connectivity index (χ1n) is 8.88. The zero-order valence-corrected chi connectivity index (χ0v) is 16.0. The molecule has 2 amide bonds. The Balaban J connectivity index is 1.97. The Labute approximate surface area is 155 Å². The largest absolute Gasteiger partial charge is 0.445 e. The lowest BCUT2D eigenvalue weighted by atomic mass is 10.1. The van der Waals surface area contributed by atoms with Crippen LogP contribution in [0, 0.1) is 0 Å². The lowest BCUT2D eigenvalue weighted by Crippen LogP contribution is -2.62. The lowest BCUT2D eigenvalue weighted by molar-refractivity contribution is -0.00131. The van der Waals surface area contributed by atoms with Crippen LogP contribution in [0.5, 0.6) is 0 Å². The van der Waals surface area contributed by atoms with Crippen LogP contribution in [0.1, 0.15) is 33.3 Å². The Morgan fingerprint density at radius 2 is 1.85 bits per heavy atom. The Morgan fingerprint density at radius 3 is 2.42 bits per heavy atom. The number of piperazine rings is 1. The van der Waals surface area contributed by atoms with Crippen molar-refractivity contribution in [2.24, 2.45) is 5.73 Å². The molecule has 0 aliphatic carbocycles. The lowest BCUT2D eigenvalue weighted by Gasteiger charge is -2.42. The minimum absolute atomic E-state index is 0.206. The first-order chi connectivity index (χ1) is 12.2. The molecule has 26 heavy (non-hydrogen) atoms. The van der Waals surface area contributed by atoms with Crippen LogP contribution in [-0.2, 0) is 16.1 Å². The van der Waals surface area contributed by atoms with E-state index in [1.807, 2.05) is 58.0 Å². The van der Waals surface area contributed by atoms with Crippen molar-refractivity contribution in [3.05, 3.63) is 35.9 Å². The third-order valence-corrected chi connectivity index (χ3v) is 4.12. The van der Waals surface area contributed by atoms with Gasteiger partial charge in [0.05, 0.1) is 6.04 Å². The van der Waals surface area contributed by atoms with Gasteiger partial charge in [0, 0.05) is 25.7 Å². The van der Waals surface area contributed by atoms with Crippen molar-refractivity contribution in [1.82, 2.24) is 9.80 Å². The molecule has 2 atom stereocenters. The number of hydrogen-bond donors (Lipinski definition) is 1. The summed E-state index contributed by atoms with van der Waals surface area (Å²) in [5.41, 5.74) is 6.42. The van der Waals surface area contributed by atoms with Crippen LogP contribution in [0.25, 0.3) is 0 Å². The SMILES string of the molecule is CC(N)[C@@H]1CN(C(=O)OC(C)(C)C)CCN1C(=O)OCc1ccccc1. The summed E-state index contributed by atoms with van der Waals surface area (Å²) in [5, 5.41) is 0. The molecule has 1 aromatic rings. The van der Waals surface area contributed by atoms with Gasteiger partial charge in [-0.05, 0) is 33.3 Å². The third-order valence-electron chi connectivity index (χ3n) is 4.12. The third kappa shape index (κ3) is 5.62. The van der Waals surface area contributed by atoms with E-state index >= 15 is 0 Å². The molecule has 0 bridgehead atoms. The van der Waals surface area contributed by atoms with E-state index in [1.54, 1.807) is 9.80 Å². The maximum Gasteiger partial charge on any atom is 0.410 e. The highest BCUT2D eigenvalue weighted by atomic mass is 16.6. The summed E-state index contributed by atoms with van der Waals surface area (Å²) < 4.78 is 10.8. The number of nitrogens with zero attached hydrogens (tertiary/aromatic N) is 2. The van der Waals surface area contributed by atoms with Gasteiger partial charge in [0.25, 0.3) is 0 Å². The molecule has 0 aromatic heterocycles. The van der Waals surface area contributed by atoms with Crippen LogP contribution in [0.2, 0.25) is 0 Å². The molecule has 1 aromatic carbocycles. The predicted molar refractivity (Wildman–Crippen MR) is 98.6 cm³/mol. The number of rotatable bonds is 3. The number of carbonyl (C=O) groups is 2. The second kappa shape index (κ2) is 8.40. The smallest absolute Gasteiger partial charge is 0.410 e. The molecular formula is C19H29N3O4. The van der Waals surface area contributed by atoms with Gasteiger partial charge < -0.3 is 25.0 Å².